The summed E-state index contributed by atoms with van der Waals surface area (Å²) in [5.41, 5.74) is 3.26. The Morgan fingerprint density at radius 1 is 1.50 bits per heavy atom. The molecule has 1 heterocycles. The van der Waals surface area contributed by atoms with Crippen molar-refractivity contribution in [2.24, 2.45) is 7.05 Å². The lowest BCUT2D eigenvalue weighted by atomic mass is 9.89. The van der Waals surface area contributed by atoms with Crippen LogP contribution in [0.25, 0.3) is 6.08 Å². The quantitative estimate of drug-likeness (QED) is 0.853. The van der Waals surface area contributed by atoms with E-state index in [9.17, 15) is 5.11 Å². The Kier molecular flexibility index (Phi) is 3.92. The molecule has 0 saturated carbocycles. The maximum absolute atomic E-state index is 9.19. The van der Waals surface area contributed by atoms with E-state index in [-0.39, 0.29) is 12.0 Å². The zero-order chi connectivity index (χ0) is 12.3. The van der Waals surface area contributed by atoms with Crippen molar-refractivity contribution in [2.45, 2.75) is 39.5 Å². The minimum absolute atomic E-state index is 0.0292. The van der Waals surface area contributed by atoms with Gasteiger partial charge in [0.05, 0.1) is 12.3 Å². The molecule has 1 aromatic heterocycles. The molecular weight excluding hydrogens is 200 g/mol. The number of aryl methyl sites for hydroxylation is 1. The molecule has 0 aliphatic rings. The molecule has 0 radical (unpaired) electrons. The third kappa shape index (κ3) is 2.95. The van der Waals surface area contributed by atoms with Crippen molar-refractivity contribution in [3.05, 3.63) is 23.0 Å². The summed E-state index contributed by atoms with van der Waals surface area (Å²) in [6.45, 7) is 8.62. The number of nitrogens with zero attached hydrogens (tertiary/aromatic N) is 2. The van der Waals surface area contributed by atoms with E-state index in [0.29, 0.717) is 0 Å². The number of hydrogen-bond acceptors (Lipinski definition) is 2. The molecule has 3 nitrogen and oxygen atoms in total. The van der Waals surface area contributed by atoms with Gasteiger partial charge in [0.2, 0.25) is 0 Å². The zero-order valence-corrected chi connectivity index (χ0v) is 10.9. The number of aliphatic hydroxyl groups is 1. The summed E-state index contributed by atoms with van der Waals surface area (Å²) in [7, 11) is 1.93. The smallest absolute Gasteiger partial charge is 0.0750 e. The van der Waals surface area contributed by atoms with Gasteiger partial charge in [-0.25, -0.2) is 0 Å². The van der Waals surface area contributed by atoms with Crippen LogP contribution in [0, 0.1) is 0 Å². The van der Waals surface area contributed by atoms with Crippen LogP contribution in [0.5, 0.6) is 0 Å². The summed E-state index contributed by atoms with van der Waals surface area (Å²) in [5, 5.41) is 13.7. The Labute approximate surface area is 97.8 Å². The van der Waals surface area contributed by atoms with E-state index in [1.807, 2.05) is 24.0 Å². The molecule has 0 atom stereocenters. The van der Waals surface area contributed by atoms with Crippen LogP contribution in [-0.4, -0.2) is 21.5 Å². The van der Waals surface area contributed by atoms with E-state index in [4.69, 9.17) is 0 Å². The lowest BCUT2D eigenvalue weighted by Gasteiger charge is -2.16. The summed E-state index contributed by atoms with van der Waals surface area (Å²) in [5.74, 6) is 0. The molecule has 1 rings (SSSR count). The third-order valence-electron chi connectivity index (χ3n) is 2.58. The maximum Gasteiger partial charge on any atom is 0.0750 e. The molecule has 0 fully saturated rings. The first kappa shape index (κ1) is 13.0. The first-order valence-corrected chi connectivity index (χ1v) is 5.73. The van der Waals surface area contributed by atoms with Gasteiger partial charge >= 0.3 is 0 Å². The van der Waals surface area contributed by atoms with Crippen LogP contribution in [0.15, 0.2) is 11.8 Å². The standard InChI is InChI=1S/C13H22N2O/c1-6-10(9-16)7-11-8-15(5)14-12(11)13(2,3)4/h7-8,16H,6,9H2,1-5H3. The van der Waals surface area contributed by atoms with Gasteiger partial charge in [0.1, 0.15) is 0 Å². The molecule has 3 heteroatoms. The molecule has 0 spiro atoms. The Balaban J connectivity index is 3.18. The summed E-state index contributed by atoms with van der Waals surface area (Å²) in [6, 6.07) is 0. The summed E-state index contributed by atoms with van der Waals surface area (Å²) in [6.07, 6.45) is 4.93. The minimum Gasteiger partial charge on any atom is -0.392 e. The largest absolute Gasteiger partial charge is 0.392 e. The topological polar surface area (TPSA) is 38.0 Å². The first-order valence-electron chi connectivity index (χ1n) is 5.73. The van der Waals surface area contributed by atoms with Crippen LogP contribution in [-0.2, 0) is 12.5 Å². The fraction of sp³-hybridized carbons (Fsp3) is 0.615. The van der Waals surface area contributed by atoms with Gasteiger partial charge in [-0.1, -0.05) is 33.8 Å². The van der Waals surface area contributed by atoms with E-state index in [1.165, 1.54) is 0 Å². The fourth-order valence-electron chi connectivity index (χ4n) is 1.67. The lowest BCUT2D eigenvalue weighted by molar-refractivity contribution is 0.329. The Hall–Kier alpha value is -1.09. The summed E-state index contributed by atoms with van der Waals surface area (Å²) < 4.78 is 1.83. The van der Waals surface area contributed by atoms with E-state index in [2.05, 4.69) is 32.8 Å². The zero-order valence-electron chi connectivity index (χ0n) is 10.9. The van der Waals surface area contributed by atoms with Gasteiger partial charge in [0, 0.05) is 24.2 Å². The second kappa shape index (κ2) is 4.83. The molecule has 0 aliphatic carbocycles. The molecule has 0 unspecified atom stereocenters. The van der Waals surface area contributed by atoms with Gasteiger partial charge in [0.15, 0.2) is 0 Å². The first-order chi connectivity index (χ1) is 7.38. The van der Waals surface area contributed by atoms with Crippen molar-refractivity contribution in [1.29, 1.82) is 0 Å². The number of hydrogen-bond donors (Lipinski definition) is 1. The van der Waals surface area contributed by atoms with Crippen LogP contribution < -0.4 is 0 Å². The predicted molar refractivity (Wildman–Crippen MR) is 67.3 cm³/mol. The third-order valence-corrected chi connectivity index (χ3v) is 2.58. The summed E-state index contributed by atoms with van der Waals surface area (Å²) >= 11 is 0. The van der Waals surface area contributed by atoms with Crippen molar-refractivity contribution in [2.75, 3.05) is 6.61 Å². The molecule has 1 N–H and O–H groups in total. The van der Waals surface area contributed by atoms with Crippen molar-refractivity contribution in [1.82, 2.24) is 9.78 Å². The minimum atomic E-state index is 0.0292. The van der Waals surface area contributed by atoms with Crippen molar-refractivity contribution < 1.29 is 5.11 Å². The van der Waals surface area contributed by atoms with E-state index < -0.39 is 0 Å². The van der Waals surface area contributed by atoms with Gasteiger partial charge in [-0.3, -0.25) is 4.68 Å². The van der Waals surface area contributed by atoms with Crippen LogP contribution >= 0.6 is 0 Å². The molecule has 90 valence electrons. The van der Waals surface area contributed by atoms with Crippen LogP contribution in [0.4, 0.5) is 0 Å². The highest BCUT2D eigenvalue weighted by Gasteiger charge is 2.20. The molecule has 0 amide bonds. The highest BCUT2D eigenvalue weighted by molar-refractivity contribution is 5.56. The second-order valence-electron chi connectivity index (χ2n) is 5.17. The molecule has 0 aromatic carbocycles. The Bertz CT molecular complexity index is 377. The van der Waals surface area contributed by atoms with Crippen LogP contribution in [0.1, 0.15) is 45.4 Å². The fourth-order valence-corrected chi connectivity index (χ4v) is 1.67. The predicted octanol–water partition coefficient (Wildman–Crippen LogP) is 2.50. The Morgan fingerprint density at radius 2 is 2.12 bits per heavy atom. The van der Waals surface area contributed by atoms with Crippen LogP contribution in [0.2, 0.25) is 0 Å². The van der Waals surface area contributed by atoms with Crippen LogP contribution in [0.3, 0.4) is 0 Å². The molecular formula is C13H22N2O. The van der Waals surface area contributed by atoms with Crippen molar-refractivity contribution >= 4 is 6.08 Å². The van der Waals surface area contributed by atoms with Gasteiger partial charge in [-0.15, -0.1) is 0 Å². The number of aliphatic hydroxyl groups excluding tert-OH is 1. The van der Waals surface area contributed by atoms with E-state index in [1.54, 1.807) is 0 Å². The monoisotopic (exact) mass is 222 g/mol. The maximum atomic E-state index is 9.19. The van der Waals surface area contributed by atoms with Gasteiger partial charge in [-0.2, -0.15) is 5.10 Å². The Morgan fingerprint density at radius 3 is 2.56 bits per heavy atom. The number of aromatic nitrogens is 2. The molecule has 1 aromatic rings. The highest BCUT2D eigenvalue weighted by Crippen LogP contribution is 2.26. The van der Waals surface area contributed by atoms with E-state index >= 15 is 0 Å². The molecule has 16 heavy (non-hydrogen) atoms. The second-order valence-corrected chi connectivity index (χ2v) is 5.17. The highest BCUT2D eigenvalue weighted by atomic mass is 16.3. The molecule has 0 bridgehead atoms. The SMILES string of the molecule is CCC(=Cc1cn(C)nc1C(C)(C)C)CO. The van der Waals surface area contributed by atoms with E-state index in [0.717, 1.165) is 23.3 Å². The lowest BCUT2D eigenvalue weighted by Crippen LogP contribution is -2.14. The van der Waals surface area contributed by atoms with Crippen molar-refractivity contribution in [3.8, 4) is 0 Å². The van der Waals surface area contributed by atoms with Crippen molar-refractivity contribution in [3.63, 3.8) is 0 Å². The summed E-state index contributed by atoms with van der Waals surface area (Å²) in [4.78, 5) is 0. The molecule has 0 saturated heterocycles. The average Bonchev–Trinajstić information content (AvgIpc) is 2.55. The van der Waals surface area contributed by atoms with Gasteiger partial charge in [-0.05, 0) is 12.0 Å². The van der Waals surface area contributed by atoms with Gasteiger partial charge in [0.25, 0.3) is 0 Å². The average molecular weight is 222 g/mol. The number of rotatable bonds is 3. The molecule has 0 aliphatic heterocycles. The van der Waals surface area contributed by atoms with Gasteiger partial charge < -0.3 is 5.11 Å². The normalized spacial score (nSPS) is 13.2.